The van der Waals surface area contributed by atoms with E-state index in [2.05, 4.69) is 5.32 Å². The van der Waals surface area contributed by atoms with Crippen LogP contribution in [0.15, 0.2) is 42.5 Å². The van der Waals surface area contributed by atoms with E-state index in [0.717, 1.165) is 17.7 Å². The SMILES string of the molecule is CCN(Cc1ccccc1)C(=O)Nc1ccc(F)c(F)c1F. The molecule has 0 aliphatic rings. The van der Waals surface area contributed by atoms with Gasteiger partial charge in [-0.25, -0.2) is 18.0 Å². The lowest BCUT2D eigenvalue weighted by Crippen LogP contribution is -2.34. The Kier molecular flexibility index (Phi) is 5.04. The van der Waals surface area contributed by atoms with Crippen LogP contribution in [0.2, 0.25) is 0 Å². The zero-order valence-corrected chi connectivity index (χ0v) is 11.9. The summed E-state index contributed by atoms with van der Waals surface area (Å²) in [6.07, 6.45) is 0. The predicted molar refractivity (Wildman–Crippen MR) is 77.9 cm³/mol. The van der Waals surface area contributed by atoms with Crippen LogP contribution in [0.4, 0.5) is 23.7 Å². The second-order valence-electron chi connectivity index (χ2n) is 4.65. The fraction of sp³-hybridized carbons (Fsp3) is 0.188. The second kappa shape index (κ2) is 6.98. The number of carbonyl (C=O) groups excluding carboxylic acids is 1. The van der Waals surface area contributed by atoms with Crippen molar-refractivity contribution in [2.24, 2.45) is 0 Å². The summed E-state index contributed by atoms with van der Waals surface area (Å²) in [4.78, 5) is 13.6. The summed E-state index contributed by atoms with van der Waals surface area (Å²) in [6.45, 7) is 2.48. The molecule has 22 heavy (non-hydrogen) atoms. The van der Waals surface area contributed by atoms with Crippen molar-refractivity contribution in [2.45, 2.75) is 13.5 Å². The number of hydrogen-bond donors (Lipinski definition) is 1. The van der Waals surface area contributed by atoms with Crippen LogP contribution < -0.4 is 5.32 Å². The standard InChI is InChI=1S/C16H15F3N2O/c1-2-21(10-11-6-4-3-5-7-11)16(22)20-13-9-8-12(17)14(18)15(13)19/h3-9H,2,10H2,1H3,(H,20,22). The molecule has 3 nitrogen and oxygen atoms in total. The fourth-order valence-corrected chi connectivity index (χ4v) is 1.95. The average molecular weight is 308 g/mol. The summed E-state index contributed by atoms with van der Waals surface area (Å²) in [6, 6.07) is 10.4. The molecular weight excluding hydrogens is 293 g/mol. The minimum atomic E-state index is -1.61. The Balaban J connectivity index is 2.11. The Bertz CT molecular complexity index is 662. The number of rotatable bonds is 4. The zero-order valence-electron chi connectivity index (χ0n) is 11.9. The van der Waals surface area contributed by atoms with E-state index in [1.807, 2.05) is 30.3 Å². The third-order valence-electron chi connectivity index (χ3n) is 3.16. The summed E-state index contributed by atoms with van der Waals surface area (Å²) in [7, 11) is 0. The zero-order chi connectivity index (χ0) is 16.1. The molecule has 0 atom stereocenters. The van der Waals surface area contributed by atoms with Crippen LogP contribution in [0, 0.1) is 17.5 Å². The first kappa shape index (κ1) is 15.9. The molecule has 0 aliphatic carbocycles. The van der Waals surface area contributed by atoms with Gasteiger partial charge in [0.25, 0.3) is 0 Å². The maximum Gasteiger partial charge on any atom is 0.322 e. The molecule has 2 aromatic rings. The van der Waals surface area contributed by atoms with Crippen molar-refractivity contribution in [2.75, 3.05) is 11.9 Å². The molecule has 2 rings (SSSR count). The van der Waals surface area contributed by atoms with Gasteiger partial charge in [-0.3, -0.25) is 0 Å². The fourth-order valence-electron chi connectivity index (χ4n) is 1.95. The van der Waals surface area contributed by atoms with Crippen LogP contribution in [0.25, 0.3) is 0 Å². The number of halogens is 3. The minimum Gasteiger partial charge on any atom is -0.320 e. The first-order valence-electron chi connectivity index (χ1n) is 6.76. The first-order chi connectivity index (χ1) is 10.5. The maximum atomic E-state index is 13.6. The number of urea groups is 1. The van der Waals surface area contributed by atoms with Crippen molar-refractivity contribution in [1.82, 2.24) is 4.90 Å². The molecule has 0 aromatic heterocycles. The number of nitrogens with zero attached hydrogens (tertiary/aromatic N) is 1. The third-order valence-corrected chi connectivity index (χ3v) is 3.16. The molecule has 2 aromatic carbocycles. The summed E-state index contributed by atoms with van der Waals surface area (Å²) < 4.78 is 39.6. The largest absolute Gasteiger partial charge is 0.322 e. The molecule has 0 aliphatic heterocycles. The Morgan fingerprint density at radius 1 is 1.05 bits per heavy atom. The third kappa shape index (κ3) is 3.58. The van der Waals surface area contributed by atoms with Crippen molar-refractivity contribution in [3.63, 3.8) is 0 Å². The molecule has 0 spiro atoms. The summed E-state index contributed by atoms with van der Waals surface area (Å²) in [5.74, 6) is -4.32. The predicted octanol–water partition coefficient (Wildman–Crippen LogP) is 4.16. The number of nitrogens with one attached hydrogen (secondary N) is 1. The Labute approximate surface area is 126 Å². The smallest absolute Gasteiger partial charge is 0.320 e. The Morgan fingerprint density at radius 3 is 2.36 bits per heavy atom. The van der Waals surface area contributed by atoms with E-state index in [1.54, 1.807) is 6.92 Å². The van der Waals surface area contributed by atoms with Crippen molar-refractivity contribution in [3.8, 4) is 0 Å². The van der Waals surface area contributed by atoms with E-state index in [0.29, 0.717) is 13.1 Å². The summed E-state index contributed by atoms with van der Waals surface area (Å²) in [5, 5.41) is 2.25. The molecule has 0 heterocycles. The topological polar surface area (TPSA) is 32.3 Å². The molecule has 0 bridgehead atoms. The molecule has 116 valence electrons. The van der Waals surface area contributed by atoms with E-state index >= 15 is 0 Å². The van der Waals surface area contributed by atoms with Gasteiger partial charge in [0.15, 0.2) is 17.5 Å². The van der Waals surface area contributed by atoms with Crippen molar-refractivity contribution in [3.05, 3.63) is 65.5 Å². The monoisotopic (exact) mass is 308 g/mol. The number of hydrogen-bond acceptors (Lipinski definition) is 1. The van der Waals surface area contributed by atoms with Gasteiger partial charge in [0, 0.05) is 13.1 Å². The second-order valence-corrected chi connectivity index (χ2v) is 4.65. The molecule has 0 fully saturated rings. The molecule has 0 saturated heterocycles. The van der Waals surface area contributed by atoms with E-state index < -0.39 is 29.2 Å². The van der Waals surface area contributed by atoms with E-state index in [9.17, 15) is 18.0 Å². The lowest BCUT2D eigenvalue weighted by atomic mass is 10.2. The Hall–Kier alpha value is -2.50. The summed E-state index contributed by atoms with van der Waals surface area (Å²) in [5.41, 5.74) is 0.515. The molecule has 0 saturated carbocycles. The molecule has 0 unspecified atom stereocenters. The summed E-state index contributed by atoms with van der Waals surface area (Å²) >= 11 is 0. The van der Waals surface area contributed by atoms with Crippen LogP contribution in [0.5, 0.6) is 0 Å². The Morgan fingerprint density at radius 2 is 1.73 bits per heavy atom. The van der Waals surface area contributed by atoms with Crippen LogP contribution in [-0.2, 0) is 6.54 Å². The van der Waals surface area contributed by atoms with E-state index in [1.165, 1.54) is 4.90 Å². The number of carbonyl (C=O) groups is 1. The van der Waals surface area contributed by atoms with Crippen LogP contribution >= 0.6 is 0 Å². The van der Waals surface area contributed by atoms with Gasteiger partial charge in [0.1, 0.15) is 0 Å². The molecular formula is C16H15F3N2O. The van der Waals surface area contributed by atoms with Crippen LogP contribution in [0.1, 0.15) is 12.5 Å². The van der Waals surface area contributed by atoms with E-state index in [4.69, 9.17) is 0 Å². The first-order valence-corrected chi connectivity index (χ1v) is 6.76. The molecule has 1 N–H and O–H groups in total. The normalized spacial score (nSPS) is 10.4. The lowest BCUT2D eigenvalue weighted by Gasteiger charge is -2.21. The van der Waals surface area contributed by atoms with E-state index in [-0.39, 0.29) is 0 Å². The quantitative estimate of drug-likeness (QED) is 0.845. The highest BCUT2D eigenvalue weighted by molar-refractivity contribution is 5.89. The van der Waals surface area contributed by atoms with Crippen molar-refractivity contribution >= 4 is 11.7 Å². The van der Waals surface area contributed by atoms with Crippen molar-refractivity contribution in [1.29, 1.82) is 0 Å². The highest BCUT2D eigenvalue weighted by atomic mass is 19.2. The molecule has 6 heteroatoms. The molecule has 2 amide bonds. The highest BCUT2D eigenvalue weighted by Gasteiger charge is 2.18. The van der Waals surface area contributed by atoms with Gasteiger partial charge in [0.05, 0.1) is 5.69 Å². The van der Waals surface area contributed by atoms with Gasteiger partial charge in [-0.05, 0) is 24.6 Å². The number of anilines is 1. The van der Waals surface area contributed by atoms with Gasteiger partial charge in [-0.15, -0.1) is 0 Å². The lowest BCUT2D eigenvalue weighted by molar-refractivity contribution is 0.212. The van der Waals surface area contributed by atoms with Gasteiger partial charge >= 0.3 is 6.03 Å². The van der Waals surface area contributed by atoms with Gasteiger partial charge in [-0.2, -0.15) is 0 Å². The minimum absolute atomic E-state index is 0.328. The highest BCUT2D eigenvalue weighted by Crippen LogP contribution is 2.20. The molecule has 0 radical (unpaired) electrons. The number of benzene rings is 2. The number of amides is 2. The van der Waals surface area contributed by atoms with Gasteiger partial charge in [0.2, 0.25) is 0 Å². The average Bonchev–Trinajstić information content (AvgIpc) is 2.54. The van der Waals surface area contributed by atoms with Gasteiger partial charge in [-0.1, -0.05) is 30.3 Å². The van der Waals surface area contributed by atoms with Gasteiger partial charge < -0.3 is 10.2 Å². The van der Waals surface area contributed by atoms with Crippen LogP contribution in [0.3, 0.4) is 0 Å². The van der Waals surface area contributed by atoms with Crippen LogP contribution in [-0.4, -0.2) is 17.5 Å². The maximum absolute atomic E-state index is 13.6. The van der Waals surface area contributed by atoms with Crippen molar-refractivity contribution < 1.29 is 18.0 Å².